The molecule has 3 nitrogen and oxygen atoms in total. The molecule has 2 aromatic rings. The topological polar surface area (TPSA) is 28.2 Å². The third kappa shape index (κ3) is 3.31. The number of hydrogen-bond donors (Lipinski definition) is 1. The van der Waals surface area contributed by atoms with Crippen molar-refractivity contribution in [3.8, 4) is 0 Å². The van der Waals surface area contributed by atoms with E-state index in [1.807, 2.05) is 0 Å². The molecule has 0 aliphatic carbocycles. The quantitative estimate of drug-likeness (QED) is 0.937. The summed E-state index contributed by atoms with van der Waals surface area (Å²) in [5.74, 6) is 0. The van der Waals surface area contributed by atoms with Gasteiger partial charge in [-0.05, 0) is 31.5 Å². The molecule has 110 valence electrons. The highest BCUT2D eigenvalue weighted by Gasteiger charge is 2.24. The van der Waals surface area contributed by atoms with Gasteiger partial charge in [0.2, 0.25) is 0 Å². The Bertz CT molecular complexity index is 586. The van der Waals surface area contributed by atoms with Gasteiger partial charge in [-0.1, -0.05) is 35.9 Å². The first kappa shape index (κ1) is 14.2. The summed E-state index contributed by atoms with van der Waals surface area (Å²) in [5, 5.41) is 3.43. The highest BCUT2D eigenvalue weighted by atomic mass is 15.2. The molecule has 1 fully saturated rings. The van der Waals surface area contributed by atoms with Crippen LogP contribution in [0.1, 0.15) is 28.6 Å². The molecule has 2 heterocycles. The standard InChI is InChI=1S/C18H23N3/c1-14-6-8-16(9-7-14)18(21-12-10-19-11-13-21)17-5-3-4-15(2)20-17/h3-9,18-19H,10-13H2,1-2H3. The van der Waals surface area contributed by atoms with Crippen LogP contribution in [0.25, 0.3) is 0 Å². The molecule has 3 rings (SSSR count). The predicted molar refractivity (Wildman–Crippen MR) is 86.4 cm³/mol. The van der Waals surface area contributed by atoms with Crippen LogP contribution in [-0.4, -0.2) is 36.1 Å². The molecule has 1 saturated heterocycles. The summed E-state index contributed by atoms with van der Waals surface area (Å²) in [4.78, 5) is 7.32. The molecule has 0 spiro atoms. The van der Waals surface area contributed by atoms with Gasteiger partial charge in [-0.3, -0.25) is 9.88 Å². The fourth-order valence-corrected chi connectivity index (χ4v) is 2.97. The predicted octanol–water partition coefficient (Wildman–Crippen LogP) is 2.69. The van der Waals surface area contributed by atoms with Crippen LogP contribution in [0.4, 0.5) is 0 Å². The summed E-state index contributed by atoms with van der Waals surface area (Å²) in [6, 6.07) is 15.5. The second kappa shape index (κ2) is 6.37. The summed E-state index contributed by atoms with van der Waals surface area (Å²) >= 11 is 0. The van der Waals surface area contributed by atoms with Gasteiger partial charge in [-0.15, -0.1) is 0 Å². The van der Waals surface area contributed by atoms with Crippen molar-refractivity contribution in [1.82, 2.24) is 15.2 Å². The average molecular weight is 281 g/mol. The Hall–Kier alpha value is -1.71. The molecule has 0 bridgehead atoms. The minimum atomic E-state index is 0.257. The van der Waals surface area contributed by atoms with Crippen molar-refractivity contribution in [2.45, 2.75) is 19.9 Å². The maximum absolute atomic E-state index is 4.79. The minimum absolute atomic E-state index is 0.257. The van der Waals surface area contributed by atoms with Crippen LogP contribution < -0.4 is 5.32 Å². The Morgan fingerprint density at radius 1 is 1.00 bits per heavy atom. The van der Waals surface area contributed by atoms with E-state index in [1.165, 1.54) is 11.1 Å². The van der Waals surface area contributed by atoms with Crippen LogP contribution in [0.5, 0.6) is 0 Å². The second-order valence-electron chi connectivity index (χ2n) is 5.80. The zero-order chi connectivity index (χ0) is 14.7. The van der Waals surface area contributed by atoms with Gasteiger partial charge in [0.25, 0.3) is 0 Å². The molecule has 3 heteroatoms. The van der Waals surface area contributed by atoms with Crippen molar-refractivity contribution < 1.29 is 0 Å². The van der Waals surface area contributed by atoms with Crippen molar-refractivity contribution in [1.29, 1.82) is 0 Å². The third-order valence-corrected chi connectivity index (χ3v) is 4.10. The van der Waals surface area contributed by atoms with E-state index in [0.29, 0.717) is 0 Å². The smallest absolute Gasteiger partial charge is 0.0777 e. The van der Waals surface area contributed by atoms with Gasteiger partial charge in [-0.25, -0.2) is 0 Å². The van der Waals surface area contributed by atoms with E-state index < -0.39 is 0 Å². The van der Waals surface area contributed by atoms with Crippen LogP contribution in [0.15, 0.2) is 42.5 Å². The molecule has 0 amide bonds. The van der Waals surface area contributed by atoms with Gasteiger partial charge in [0, 0.05) is 31.9 Å². The molecule has 0 radical (unpaired) electrons. The SMILES string of the molecule is Cc1ccc(C(c2cccc(C)n2)N2CCNCC2)cc1. The van der Waals surface area contributed by atoms with Gasteiger partial charge < -0.3 is 5.32 Å². The number of aromatic nitrogens is 1. The normalized spacial score (nSPS) is 17.6. The molecule has 1 unspecified atom stereocenters. The Morgan fingerprint density at radius 3 is 2.38 bits per heavy atom. The van der Waals surface area contributed by atoms with E-state index >= 15 is 0 Å². The largest absolute Gasteiger partial charge is 0.314 e. The Labute approximate surface area is 127 Å². The maximum Gasteiger partial charge on any atom is 0.0777 e. The number of benzene rings is 1. The number of pyridine rings is 1. The lowest BCUT2D eigenvalue weighted by atomic mass is 9.99. The summed E-state index contributed by atoms with van der Waals surface area (Å²) in [5.41, 5.74) is 4.87. The summed E-state index contributed by atoms with van der Waals surface area (Å²) in [7, 11) is 0. The number of piperazine rings is 1. The first-order valence-corrected chi connectivity index (χ1v) is 7.69. The van der Waals surface area contributed by atoms with Gasteiger partial charge in [0.15, 0.2) is 0 Å². The molecular weight excluding hydrogens is 258 g/mol. The van der Waals surface area contributed by atoms with Crippen molar-refractivity contribution >= 4 is 0 Å². The van der Waals surface area contributed by atoms with Gasteiger partial charge in [-0.2, -0.15) is 0 Å². The Morgan fingerprint density at radius 2 is 1.71 bits per heavy atom. The Balaban J connectivity index is 1.99. The fraction of sp³-hybridized carbons (Fsp3) is 0.389. The van der Waals surface area contributed by atoms with Crippen molar-refractivity contribution in [3.05, 3.63) is 65.0 Å². The first-order chi connectivity index (χ1) is 10.2. The zero-order valence-electron chi connectivity index (χ0n) is 12.8. The lowest BCUT2D eigenvalue weighted by molar-refractivity contribution is 0.195. The van der Waals surface area contributed by atoms with E-state index in [9.17, 15) is 0 Å². The molecule has 1 N–H and O–H groups in total. The molecule has 1 atom stereocenters. The van der Waals surface area contributed by atoms with Crippen LogP contribution in [0.2, 0.25) is 0 Å². The molecule has 0 saturated carbocycles. The van der Waals surface area contributed by atoms with Crippen molar-refractivity contribution in [2.75, 3.05) is 26.2 Å². The van der Waals surface area contributed by atoms with Crippen LogP contribution in [-0.2, 0) is 0 Å². The number of aryl methyl sites for hydroxylation is 2. The molecule has 1 aliphatic rings. The van der Waals surface area contributed by atoms with Crippen molar-refractivity contribution in [2.24, 2.45) is 0 Å². The van der Waals surface area contributed by atoms with Gasteiger partial charge in [0.1, 0.15) is 0 Å². The minimum Gasteiger partial charge on any atom is -0.314 e. The summed E-state index contributed by atoms with van der Waals surface area (Å²) in [6.07, 6.45) is 0. The van der Waals surface area contributed by atoms with E-state index in [-0.39, 0.29) is 6.04 Å². The molecule has 1 aromatic heterocycles. The number of hydrogen-bond acceptors (Lipinski definition) is 3. The summed E-state index contributed by atoms with van der Waals surface area (Å²) in [6.45, 7) is 8.42. The van der Waals surface area contributed by atoms with Crippen LogP contribution >= 0.6 is 0 Å². The number of nitrogens with zero attached hydrogens (tertiary/aromatic N) is 2. The maximum atomic E-state index is 4.79. The van der Waals surface area contributed by atoms with Crippen LogP contribution in [0, 0.1) is 13.8 Å². The highest BCUT2D eigenvalue weighted by molar-refractivity contribution is 5.31. The highest BCUT2D eigenvalue weighted by Crippen LogP contribution is 2.28. The van der Waals surface area contributed by atoms with E-state index in [4.69, 9.17) is 4.98 Å². The van der Waals surface area contributed by atoms with Gasteiger partial charge in [0.05, 0.1) is 11.7 Å². The molecule has 21 heavy (non-hydrogen) atoms. The van der Waals surface area contributed by atoms with E-state index in [1.54, 1.807) is 0 Å². The zero-order valence-corrected chi connectivity index (χ0v) is 12.8. The monoisotopic (exact) mass is 281 g/mol. The van der Waals surface area contributed by atoms with Gasteiger partial charge >= 0.3 is 0 Å². The lowest BCUT2D eigenvalue weighted by Gasteiger charge is -2.35. The lowest BCUT2D eigenvalue weighted by Crippen LogP contribution is -2.45. The second-order valence-corrected chi connectivity index (χ2v) is 5.80. The fourth-order valence-electron chi connectivity index (χ4n) is 2.97. The Kier molecular flexibility index (Phi) is 4.32. The molecule has 1 aliphatic heterocycles. The third-order valence-electron chi connectivity index (χ3n) is 4.10. The number of rotatable bonds is 3. The number of nitrogens with one attached hydrogen (secondary N) is 1. The average Bonchev–Trinajstić information content (AvgIpc) is 2.51. The molecular formula is C18H23N3. The van der Waals surface area contributed by atoms with Crippen LogP contribution in [0.3, 0.4) is 0 Å². The van der Waals surface area contributed by atoms with Crippen molar-refractivity contribution in [3.63, 3.8) is 0 Å². The molecule has 1 aromatic carbocycles. The van der Waals surface area contributed by atoms with E-state index in [2.05, 4.69) is 66.5 Å². The first-order valence-electron chi connectivity index (χ1n) is 7.69. The summed E-state index contributed by atoms with van der Waals surface area (Å²) < 4.78 is 0. The van der Waals surface area contributed by atoms with E-state index in [0.717, 1.165) is 37.6 Å².